The minimum Gasteiger partial charge on any atom is -0.479 e. The third-order valence-electron chi connectivity index (χ3n) is 2.19. The van der Waals surface area contributed by atoms with E-state index in [2.05, 4.69) is 26.2 Å². The third-order valence-corrected chi connectivity index (χ3v) is 2.83. The summed E-state index contributed by atoms with van der Waals surface area (Å²) in [5.74, 6) is -1.68. The van der Waals surface area contributed by atoms with Gasteiger partial charge >= 0.3 is 12.1 Å². The number of carboxylic acids is 1. The lowest BCUT2D eigenvalue weighted by Crippen LogP contribution is -2.42. The Labute approximate surface area is 114 Å². The van der Waals surface area contributed by atoms with Crippen LogP contribution in [0.4, 0.5) is 19.0 Å². The van der Waals surface area contributed by atoms with E-state index in [-0.39, 0.29) is 10.3 Å². The Morgan fingerprint density at radius 3 is 2.53 bits per heavy atom. The van der Waals surface area contributed by atoms with Gasteiger partial charge in [-0.2, -0.15) is 13.2 Å². The molecule has 1 unspecified atom stereocenters. The van der Waals surface area contributed by atoms with Crippen LogP contribution in [0, 0.1) is 0 Å². The normalized spacial score (nSPS) is 14.8. The van der Waals surface area contributed by atoms with E-state index in [1.165, 1.54) is 6.07 Å². The van der Waals surface area contributed by atoms with Crippen molar-refractivity contribution < 1.29 is 28.2 Å². The highest BCUT2D eigenvalue weighted by Crippen LogP contribution is 2.34. The van der Waals surface area contributed by atoms with Gasteiger partial charge in [-0.25, -0.2) is 9.78 Å². The van der Waals surface area contributed by atoms with E-state index in [9.17, 15) is 23.1 Å². The largest absolute Gasteiger partial charge is 0.479 e. The standard InChI is InChI=1S/C10H10BrF3N2O3/c1-9(19,8(17)18)4-15-6-3-2-5(11)7(16-6)10(12,13)14/h2-3,19H,4H2,1H3,(H,15,16)(H,17,18). The zero-order valence-corrected chi connectivity index (χ0v) is 11.2. The van der Waals surface area contributed by atoms with Gasteiger partial charge in [0, 0.05) is 4.47 Å². The number of pyridine rings is 1. The molecule has 0 aromatic carbocycles. The maximum Gasteiger partial charge on any atom is 0.434 e. The van der Waals surface area contributed by atoms with Crippen LogP contribution in [-0.2, 0) is 11.0 Å². The molecule has 1 rings (SSSR count). The van der Waals surface area contributed by atoms with Crippen molar-refractivity contribution in [1.29, 1.82) is 0 Å². The van der Waals surface area contributed by atoms with Gasteiger partial charge in [-0.1, -0.05) is 0 Å². The van der Waals surface area contributed by atoms with E-state index >= 15 is 0 Å². The number of carbonyl (C=O) groups is 1. The Balaban J connectivity index is 2.90. The third kappa shape index (κ3) is 4.06. The van der Waals surface area contributed by atoms with Crippen molar-refractivity contribution in [2.45, 2.75) is 18.7 Å². The van der Waals surface area contributed by atoms with Crippen molar-refractivity contribution in [1.82, 2.24) is 4.98 Å². The Kier molecular flexibility index (Phi) is 4.41. The average Bonchev–Trinajstić information content (AvgIpc) is 2.26. The number of aromatic nitrogens is 1. The molecule has 0 saturated heterocycles. The molecule has 1 heterocycles. The van der Waals surface area contributed by atoms with Gasteiger partial charge in [-0.05, 0) is 35.0 Å². The van der Waals surface area contributed by atoms with Gasteiger partial charge in [0.05, 0.1) is 6.54 Å². The van der Waals surface area contributed by atoms with E-state index < -0.39 is 30.0 Å². The Morgan fingerprint density at radius 2 is 2.05 bits per heavy atom. The van der Waals surface area contributed by atoms with Crippen LogP contribution in [0.15, 0.2) is 16.6 Å². The first kappa shape index (κ1) is 15.7. The maximum atomic E-state index is 12.6. The van der Waals surface area contributed by atoms with Crippen LogP contribution in [0.5, 0.6) is 0 Å². The molecule has 3 N–H and O–H groups in total. The molecule has 0 aliphatic carbocycles. The van der Waals surface area contributed by atoms with Gasteiger partial charge in [0.15, 0.2) is 11.3 Å². The molecule has 1 aromatic heterocycles. The predicted octanol–water partition coefficient (Wildman–Crippen LogP) is 2.11. The second-order valence-corrected chi connectivity index (χ2v) is 4.81. The van der Waals surface area contributed by atoms with E-state index in [1.807, 2.05) is 0 Å². The molecule has 19 heavy (non-hydrogen) atoms. The van der Waals surface area contributed by atoms with E-state index in [0.717, 1.165) is 13.0 Å². The fourth-order valence-corrected chi connectivity index (χ4v) is 1.52. The molecular weight excluding hydrogens is 333 g/mol. The summed E-state index contributed by atoms with van der Waals surface area (Å²) in [6.45, 7) is 0.542. The number of hydrogen-bond donors (Lipinski definition) is 3. The van der Waals surface area contributed by atoms with Crippen LogP contribution < -0.4 is 5.32 Å². The fourth-order valence-electron chi connectivity index (χ4n) is 1.08. The first-order valence-electron chi connectivity index (χ1n) is 4.97. The number of aliphatic hydroxyl groups is 1. The predicted molar refractivity (Wildman–Crippen MR) is 63.7 cm³/mol. The average molecular weight is 343 g/mol. The SMILES string of the molecule is CC(O)(CNc1ccc(Br)c(C(F)(F)F)n1)C(=O)O. The summed E-state index contributed by atoms with van der Waals surface area (Å²) in [5, 5.41) is 20.4. The van der Waals surface area contributed by atoms with Crippen molar-refractivity contribution in [3.8, 4) is 0 Å². The number of anilines is 1. The quantitative estimate of drug-likeness (QED) is 0.780. The summed E-state index contributed by atoms with van der Waals surface area (Å²) in [6.07, 6.45) is -4.63. The van der Waals surface area contributed by atoms with Gasteiger partial charge < -0.3 is 15.5 Å². The number of rotatable bonds is 4. The van der Waals surface area contributed by atoms with Crippen LogP contribution in [-0.4, -0.2) is 33.3 Å². The molecule has 5 nitrogen and oxygen atoms in total. The van der Waals surface area contributed by atoms with Crippen LogP contribution >= 0.6 is 15.9 Å². The molecule has 0 aliphatic rings. The molecule has 0 bridgehead atoms. The number of aliphatic carboxylic acids is 1. The number of halogens is 4. The minimum atomic E-state index is -4.63. The highest BCUT2D eigenvalue weighted by Gasteiger charge is 2.35. The smallest absolute Gasteiger partial charge is 0.434 e. The van der Waals surface area contributed by atoms with Crippen molar-refractivity contribution in [3.05, 3.63) is 22.3 Å². The number of alkyl halides is 3. The lowest BCUT2D eigenvalue weighted by molar-refractivity contribution is -0.155. The fraction of sp³-hybridized carbons (Fsp3) is 0.400. The van der Waals surface area contributed by atoms with Gasteiger partial charge in [0.1, 0.15) is 5.82 Å². The first-order chi connectivity index (χ1) is 8.54. The topological polar surface area (TPSA) is 82.5 Å². The van der Waals surface area contributed by atoms with Crippen molar-refractivity contribution in [2.24, 2.45) is 0 Å². The molecular formula is C10H10BrF3N2O3. The molecule has 0 amide bonds. The minimum absolute atomic E-state index is 0.183. The van der Waals surface area contributed by atoms with Crippen LogP contribution in [0.25, 0.3) is 0 Å². The Hall–Kier alpha value is -1.35. The highest BCUT2D eigenvalue weighted by atomic mass is 79.9. The Bertz CT molecular complexity index is 491. The van der Waals surface area contributed by atoms with Crippen LogP contribution in [0.1, 0.15) is 12.6 Å². The van der Waals surface area contributed by atoms with E-state index in [4.69, 9.17) is 5.11 Å². The van der Waals surface area contributed by atoms with Gasteiger partial charge in [-0.15, -0.1) is 0 Å². The molecule has 0 fully saturated rings. The number of carboxylic acid groups (broad SMARTS) is 1. The summed E-state index contributed by atoms with van der Waals surface area (Å²) in [4.78, 5) is 13.9. The van der Waals surface area contributed by atoms with Crippen molar-refractivity contribution in [3.63, 3.8) is 0 Å². The van der Waals surface area contributed by atoms with Crippen molar-refractivity contribution >= 4 is 27.7 Å². The molecule has 106 valence electrons. The summed E-state index contributed by atoms with van der Waals surface area (Å²) >= 11 is 2.73. The summed E-state index contributed by atoms with van der Waals surface area (Å²) in [7, 11) is 0. The summed E-state index contributed by atoms with van der Waals surface area (Å²) in [6, 6.07) is 2.37. The number of nitrogens with zero attached hydrogens (tertiary/aromatic N) is 1. The van der Waals surface area contributed by atoms with Crippen molar-refractivity contribution in [2.75, 3.05) is 11.9 Å². The van der Waals surface area contributed by atoms with Crippen LogP contribution in [0.3, 0.4) is 0 Å². The lowest BCUT2D eigenvalue weighted by atomic mass is 10.1. The summed E-state index contributed by atoms with van der Waals surface area (Å²) in [5.41, 5.74) is -3.24. The van der Waals surface area contributed by atoms with E-state index in [0.29, 0.717) is 0 Å². The zero-order chi connectivity index (χ0) is 14.8. The molecule has 0 saturated carbocycles. The van der Waals surface area contributed by atoms with Gasteiger partial charge in [-0.3, -0.25) is 0 Å². The molecule has 0 radical (unpaired) electrons. The van der Waals surface area contributed by atoms with Crippen LogP contribution in [0.2, 0.25) is 0 Å². The number of hydrogen-bond acceptors (Lipinski definition) is 4. The molecule has 0 aliphatic heterocycles. The van der Waals surface area contributed by atoms with Gasteiger partial charge in [0.25, 0.3) is 0 Å². The number of nitrogens with one attached hydrogen (secondary N) is 1. The molecule has 1 atom stereocenters. The molecule has 1 aromatic rings. The monoisotopic (exact) mass is 342 g/mol. The second-order valence-electron chi connectivity index (χ2n) is 3.96. The molecule has 9 heteroatoms. The Morgan fingerprint density at radius 1 is 1.47 bits per heavy atom. The summed E-state index contributed by atoms with van der Waals surface area (Å²) < 4.78 is 37.5. The zero-order valence-electron chi connectivity index (χ0n) is 9.62. The maximum absolute atomic E-state index is 12.6. The van der Waals surface area contributed by atoms with Gasteiger partial charge in [0.2, 0.25) is 0 Å². The highest BCUT2D eigenvalue weighted by molar-refractivity contribution is 9.10. The first-order valence-corrected chi connectivity index (χ1v) is 5.77. The second kappa shape index (κ2) is 5.33. The molecule has 0 spiro atoms. The van der Waals surface area contributed by atoms with E-state index in [1.54, 1.807) is 0 Å². The lowest BCUT2D eigenvalue weighted by Gasteiger charge is -2.19.